The van der Waals surface area contributed by atoms with Gasteiger partial charge in [-0.05, 0) is 37.3 Å². The van der Waals surface area contributed by atoms with Crippen molar-refractivity contribution in [3.8, 4) is 0 Å². The number of hydrogen-bond acceptors (Lipinski definition) is 2. The number of rotatable bonds is 6. The number of benzene rings is 1. The molecule has 0 radical (unpaired) electrons. The SMILES string of the molecule is CCCN(CC1CC1)S(=O)(=O)c1c(F)cccc1F. The maximum atomic E-state index is 13.7. The van der Waals surface area contributed by atoms with Crippen molar-refractivity contribution in [2.45, 2.75) is 31.1 Å². The van der Waals surface area contributed by atoms with E-state index in [1.54, 1.807) is 0 Å². The van der Waals surface area contributed by atoms with Crippen molar-refractivity contribution in [3.05, 3.63) is 29.8 Å². The second-order valence-corrected chi connectivity index (χ2v) is 6.73. The van der Waals surface area contributed by atoms with Crippen molar-refractivity contribution in [1.29, 1.82) is 0 Å². The first-order valence-corrected chi connectivity index (χ1v) is 7.85. The number of halogens is 2. The van der Waals surface area contributed by atoms with E-state index in [2.05, 4.69) is 0 Å². The van der Waals surface area contributed by atoms with Crippen molar-refractivity contribution < 1.29 is 17.2 Å². The summed E-state index contributed by atoms with van der Waals surface area (Å²) in [5.74, 6) is -1.73. The van der Waals surface area contributed by atoms with Gasteiger partial charge in [0.15, 0.2) is 4.90 Å². The van der Waals surface area contributed by atoms with Crippen molar-refractivity contribution in [1.82, 2.24) is 4.31 Å². The molecule has 19 heavy (non-hydrogen) atoms. The summed E-state index contributed by atoms with van der Waals surface area (Å²) < 4.78 is 53.3. The van der Waals surface area contributed by atoms with E-state index in [0.717, 1.165) is 31.0 Å². The summed E-state index contributed by atoms with van der Waals surface area (Å²) in [6.07, 6.45) is 2.58. The Balaban J connectivity index is 2.37. The molecule has 1 aromatic rings. The Hall–Kier alpha value is -1.01. The van der Waals surface area contributed by atoms with Crippen LogP contribution in [0.4, 0.5) is 8.78 Å². The summed E-state index contributed by atoms with van der Waals surface area (Å²) in [6, 6.07) is 3.10. The van der Waals surface area contributed by atoms with Gasteiger partial charge >= 0.3 is 0 Å². The monoisotopic (exact) mass is 289 g/mol. The van der Waals surface area contributed by atoms with Gasteiger partial charge in [-0.2, -0.15) is 4.31 Å². The Morgan fingerprint density at radius 3 is 2.32 bits per heavy atom. The lowest BCUT2D eigenvalue weighted by Gasteiger charge is -2.22. The standard InChI is InChI=1S/C13H17F2NO2S/c1-2-8-16(9-10-6-7-10)19(17,18)13-11(14)4-3-5-12(13)15/h3-5,10H,2,6-9H2,1H3. The Morgan fingerprint density at radius 2 is 1.84 bits per heavy atom. The zero-order valence-electron chi connectivity index (χ0n) is 10.8. The fraction of sp³-hybridized carbons (Fsp3) is 0.538. The maximum absolute atomic E-state index is 13.7. The van der Waals surface area contributed by atoms with Crippen LogP contribution in [-0.2, 0) is 10.0 Å². The minimum absolute atomic E-state index is 0.284. The van der Waals surface area contributed by atoms with Crippen LogP contribution in [0.25, 0.3) is 0 Å². The predicted molar refractivity (Wildman–Crippen MR) is 68.1 cm³/mol. The highest BCUT2D eigenvalue weighted by molar-refractivity contribution is 7.89. The number of hydrogen-bond donors (Lipinski definition) is 0. The van der Waals surface area contributed by atoms with Crippen molar-refractivity contribution >= 4 is 10.0 Å². The molecule has 1 saturated carbocycles. The largest absolute Gasteiger partial charge is 0.248 e. The number of sulfonamides is 1. The maximum Gasteiger partial charge on any atom is 0.248 e. The summed E-state index contributed by atoms with van der Waals surface area (Å²) in [4.78, 5) is -0.830. The third-order valence-electron chi connectivity index (χ3n) is 3.15. The van der Waals surface area contributed by atoms with Gasteiger partial charge in [0.25, 0.3) is 0 Å². The lowest BCUT2D eigenvalue weighted by atomic mass is 10.3. The molecule has 2 rings (SSSR count). The van der Waals surface area contributed by atoms with Gasteiger partial charge < -0.3 is 0 Å². The average molecular weight is 289 g/mol. The Bertz CT molecular complexity index is 536. The zero-order valence-corrected chi connectivity index (χ0v) is 11.6. The van der Waals surface area contributed by atoms with Crippen LogP contribution in [-0.4, -0.2) is 25.8 Å². The first kappa shape index (κ1) is 14.4. The topological polar surface area (TPSA) is 37.4 Å². The van der Waals surface area contributed by atoms with E-state index in [-0.39, 0.29) is 6.54 Å². The van der Waals surface area contributed by atoms with Crippen LogP contribution in [0.3, 0.4) is 0 Å². The highest BCUT2D eigenvalue weighted by atomic mass is 32.2. The number of nitrogens with zero attached hydrogens (tertiary/aromatic N) is 1. The summed E-state index contributed by atoms with van der Waals surface area (Å²) in [5, 5.41) is 0. The Morgan fingerprint density at radius 1 is 1.26 bits per heavy atom. The first-order valence-electron chi connectivity index (χ1n) is 6.41. The van der Waals surface area contributed by atoms with Gasteiger partial charge in [0.1, 0.15) is 11.6 Å². The van der Waals surface area contributed by atoms with E-state index >= 15 is 0 Å². The van der Waals surface area contributed by atoms with Crippen molar-refractivity contribution in [3.63, 3.8) is 0 Å². The smallest absolute Gasteiger partial charge is 0.207 e. The molecule has 0 aromatic heterocycles. The summed E-state index contributed by atoms with van der Waals surface area (Å²) in [7, 11) is -4.10. The van der Waals surface area contributed by atoms with E-state index in [1.807, 2.05) is 6.92 Å². The minimum atomic E-state index is -4.10. The summed E-state index contributed by atoms with van der Waals surface area (Å²) in [5.41, 5.74) is 0. The van der Waals surface area contributed by atoms with Crippen LogP contribution >= 0.6 is 0 Å². The molecule has 1 aromatic carbocycles. The average Bonchev–Trinajstić information content (AvgIpc) is 3.12. The molecule has 3 nitrogen and oxygen atoms in total. The lowest BCUT2D eigenvalue weighted by Crippen LogP contribution is -2.34. The minimum Gasteiger partial charge on any atom is -0.207 e. The lowest BCUT2D eigenvalue weighted by molar-refractivity contribution is 0.388. The quantitative estimate of drug-likeness (QED) is 0.807. The van der Waals surface area contributed by atoms with E-state index in [0.29, 0.717) is 18.9 Å². The highest BCUT2D eigenvalue weighted by Gasteiger charge is 2.34. The highest BCUT2D eigenvalue weighted by Crippen LogP contribution is 2.32. The van der Waals surface area contributed by atoms with Gasteiger partial charge in [0.05, 0.1) is 0 Å². The molecule has 0 saturated heterocycles. The molecule has 6 heteroatoms. The van der Waals surface area contributed by atoms with Gasteiger partial charge in [-0.25, -0.2) is 17.2 Å². The third kappa shape index (κ3) is 3.12. The molecular weight excluding hydrogens is 272 g/mol. The molecular formula is C13H17F2NO2S. The first-order chi connectivity index (χ1) is 8.96. The molecule has 0 N–H and O–H groups in total. The summed E-state index contributed by atoms with van der Waals surface area (Å²) >= 11 is 0. The fourth-order valence-electron chi connectivity index (χ4n) is 2.01. The second-order valence-electron chi connectivity index (χ2n) is 4.86. The molecule has 0 atom stereocenters. The van der Waals surface area contributed by atoms with E-state index in [9.17, 15) is 17.2 Å². The van der Waals surface area contributed by atoms with Gasteiger partial charge in [-0.1, -0.05) is 13.0 Å². The zero-order chi connectivity index (χ0) is 14.0. The third-order valence-corrected chi connectivity index (χ3v) is 5.07. The van der Waals surface area contributed by atoms with Crippen LogP contribution in [0.2, 0.25) is 0 Å². The van der Waals surface area contributed by atoms with Gasteiger partial charge in [0.2, 0.25) is 10.0 Å². The molecule has 0 bridgehead atoms. The van der Waals surface area contributed by atoms with Gasteiger partial charge in [-0.15, -0.1) is 0 Å². The Kier molecular flexibility index (Phi) is 4.20. The van der Waals surface area contributed by atoms with E-state index < -0.39 is 26.6 Å². The molecule has 1 aliphatic rings. The second kappa shape index (κ2) is 5.54. The van der Waals surface area contributed by atoms with Crippen LogP contribution < -0.4 is 0 Å². The van der Waals surface area contributed by atoms with Crippen LogP contribution in [0, 0.1) is 17.6 Å². The molecule has 0 amide bonds. The normalized spacial score (nSPS) is 16.0. The van der Waals surface area contributed by atoms with Crippen LogP contribution in [0.5, 0.6) is 0 Å². The van der Waals surface area contributed by atoms with Crippen molar-refractivity contribution in [2.75, 3.05) is 13.1 Å². The molecule has 1 aliphatic carbocycles. The van der Waals surface area contributed by atoms with Gasteiger partial charge in [-0.3, -0.25) is 0 Å². The van der Waals surface area contributed by atoms with E-state index in [4.69, 9.17) is 0 Å². The molecule has 0 spiro atoms. The Labute approximate surface area is 112 Å². The molecule has 106 valence electrons. The van der Waals surface area contributed by atoms with Crippen LogP contribution in [0.1, 0.15) is 26.2 Å². The molecule has 0 heterocycles. The van der Waals surface area contributed by atoms with Gasteiger partial charge in [0, 0.05) is 13.1 Å². The van der Waals surface area contributed by atoms with E-state index in [1.165, 1.54) is 4.31 Å². The molecule has 0 aliphatic heterocycles. The summed E-state index contributed by atoms with van der Waals surface area (Å²) in [6.45, 7) is 2.48. The fourth-order valence-corrected chi connectivity index (χ4v) is 3.72. The van der Waals surface area contributed by atoms with Crippen LogP contribution in [0.15, 0.2) is 23.1 Å². The predicted octanol–water partition coefficient (Wildman–Crippen LogP) is 2.78. The van der Waals surface area contributed by atoms with Crippen molar-refractivity contribution in [2.24, 2.45) is 5.92 Å². The molecule has 0 unspecified atom stereocenters. The molecule has 1 fully saturated rings.